The third-order valence-electron chi connectivity index (χ3n) is 2.37. The predicted octanol–water partition coefficient (Wildman–Crippen LogP) is 1.82. The zero-order valence-electron chi connectivity index (χ0n) is 9.94. The van der Waals surface area contributed by atoms with Gasteiger partial charge >= 0.3 is 0 Å². The van der Waals surface area contributed by atoms with E-state index in [1.54, 1.807) is 7.11 Å². The van der Waals surface area contributed by atoms with Crippen LogP contribution in [-0.2, 0) is 4.74 Å². The lowest BCUT2D eigenvalue weighted by atomic mass is 9.87. The third-order valence-corrected chi connectivity index (χ3v) is 2.37. The summed E-state index contributed by atoms with van der Waals surface area (Å²) >= 11 is 0. The second-order valence-corrected chi connectivity index (χ2v) is 4.71. The summed E-state index contributed by atoms with van der Waals surface area (Å²) in [4.78, 5) is 4.22. The third kappa shape index (κ3) is 2.76. The fourth-order valence-electron chi connectivity index (χ4n) is 1.03. The number of hydrogen-bond acceptors (Lipinski definition) is 5. The Kier molecular flexibility index (Phi) is 3.46. The number of aromatic nitrogens is 2. The minimum absolute atomic E-state index is 0.0859. The van der Waals surface area contributed by atoms with Crippen LogP contribution in [0.2, 0.25) is 0 Å². The summed E-state index contributed by atoms with van der Waals surface area (Å²) in [6.07, 6.45) is -0.196. The van der Waals surface area contributed by atoms with E-state index in [2.05, 4.69) is 10.1 Å². The van der Waals surface area contributed by atoms with Gasteiger partial charge in [0.05, 0.1) is 6.04 Å². The molecule has 2 N–H and O–H groups in total. The van der Waals surface area contributed by atoms with Crippen molar-refractivity contribution in [1.82, 2.24) is 10.1 Å². The monoisotopic (exact) mass is 213 g/mol. The molecule has 0 aromatic carbocycles. The number of hydrogen-bond donors (Lipinski definition) is 1. The molecular formula is C10H19N3O2. The summed E-state index contributed by atoms with van der Waals surface area (Å²) in [6.45, 7) is 7.95. The average molecular weight is 213 g/mol. The molecule has 1 rings (SSSR count). The zero-order valence-corrected chi connectivity index (χ0v) is 9.94. The van der Waals surface area contributed by atoms with E-state index in [0.29, 0.717) is 11.7 Å². The summed E-state index contributed by atoms with van der Waals surface area (Å²) in [6, 6.07) is -0.237. The average Bonchev–Trinajstić information content (AvgIpc) is 2.62. The van der Waals surface area contributed by atoms with Gasteiger partial charge in [-0.2, -0.15) is 4.98 Å². The molecule has 1 aromatic rings. The van der Waals surface area contributed by atoms with Crippen LogP contribution >= 0.6 is 0 Å². The van der Waals surface area contributed by atoms with Crippen LogP contribution in [0.4, 0.5) is 0 Å². The molecule has 0 radical (unpaired) electrons. The molecule has 5 nitrogen and oxygen atoms in total. The van der Waals surface area contributed by atoms with Gasteiger partial charge in [0.25, 0.3) is 5.89 Å². The van der Waals surface area contributed by atoms with Crippen molar-refractivity contribution in [2.75, 3.05) is 7.11 Å². The Morgan fingerprint density at radius 3 is 2.47 bits per heavy atom. The lowest BCUT2D eigenvalue weighted by molar-refractivity contribution is 0.0886. The molecule has 0 amide bonds. The molecule has 0 spiro atoms. The van der Waals surface area contributed by atoms with Gasteiger partial charge in [-0.3, -0.25) is 0 Å². The zero-order chi connectivity index (χ0) is 11.6. The van der Waals surface area contributed by atoms with Gasteiger partial charge in [0.2, 0.25) is 0 Å². The maximum atomic E-state index is 6.00. The molecule has 5 heteroatoms. The minimum atomic E-state index is -0.237. The first-order valence-electron chi connectivity index (χ1n) is 4.98. The molecule has 15 heavy (non-hydrogen) atoms. The van der Waals surface area contributed by atoms with Crippen molar-refractivity contribution in [2.24, 2.45) is 11.1 Å². The van der Waals surface area contributed by atoms with Crippen molar-refractivity contribution in [3.63, 3.8) is 0 Å². The Hall–Kier alpha value is -0.940. The Bertz CT molecular complexity index is 317. The summed E-state index contributed by atoms with van der Waals surface area (Å²) in [5.41, 5.74) is 5.92. The molecule has 1 heterocycles. The largest absolute Gasteiger partial charge is 0.372 e. The van der Waals surface area contributed by atoms with Crippen molar-refractivity contribution >= 4 is 0 Å². The van der Waals surface area contributed by atoms with Crippen LogP contribution in [0.15, 0.2) is 4.52 Å². The number of nitrogens with two attached hydrogens (primary N) is 1. The van der Waals surface area contributed by atoms with Gasteiger partial charge in [-0.15, -0.1) is 0 Å². The highest BCUT2D eigenvalue weighted by atomic mass is 16.5. The molecule has 2 unspecified atom stereocenters. The number of methoxy groups -OCH3 is 1. The molecule has 0 aliphatic heterocycles. The van der Waals surface area contributed by atoms with Gasteiger partial charge in [-0.05, 0) is 12.3 Å². The van der Waals surface area contributed by atoms with Crippen LogP contribution < -0.4 is 5.73 Å². The van der Waals surface area contributed by atoms with Gasteiger partial charge in [0, 0.05) is 7.11 Å². The maximum absolute atomic E-state index is 6.00. The standard InChI is InChI=1S/C10H19N3O2/c1-6(14-5)9-12-8(13-15-9)7(11)10(2,3)4/h6-7H,11H2,1-5H3. The van der Waals surface area contributed by atoms with Crippen molar-refractivity contribution in [3.05, 3.63) is 11.7 Å². The molecular weight excluding hydrogens is 194 g/mol. The Morgan fingerprint density at radius 2 is 2.00 bits per heavy atom. The first-order chi connectivity index (χ1) is 6.86. The lowest BCUT2D eigenvalue weighted by Gasteiger charge is -2.23. The van der Waals surface area contributed by atoms with E-state index >= 15 is 0 Å². The quantitative estimate of drug-likeness (QED) is 0.829. The van der Waals surface area contributed by atoms with Crippen LogP contribution in [0.1, 0.15) is 51.6 Å². The normalized spacial score (nSPS) is 16.4. The Balaban J connectivity index is 2.85. The second kappa shape index (κ2) is 4.28. The molecule has 86 valence electrons. The highest BCUT2D eigenvalue weighted by Crippen LogP contribution is 2.29. The van der Waals surface area contributed by atoms with E-state index in [1.165, 1.54) is 0 Å². The van der Waals surface area contributed by atoms with Crippen LogP contribution in [0.25, 0.3) is 0 Å². The highest BCUT2D eigenvalue weighted by molar-refractivity contribution is 4.98. The molecule has 2 atom stereocenters. The van der Waals surface area contributed by atoms with Gasteiger partial charge in [-0.25, -0.2) is 0 Å². The van der Waals surface area contributed by atoms with E-state index in [9.17, 15) is 0 Å². The van der Waals surface area contributed by atoms with Crippen LogP contribution in [0.5, 0.6) is 0 Å². The number of rotatable bonds is 3. The molecule has 0 aliphatic carbocycles. The highest BCUT2D eigenvalue weighted by Gasteiger charge is 2.27. The lowest BCUT2D eigenvalue weighted by Crippen LogP contribution is -2.27. The van der Waals surface area contributed by atoms with Gasteiger partial charge in [0.15, 0.2) is 5.82 Å². The van der Waals surface area contributed by atoms with Crippen LogP contribution in [0, 0.1) is 5.41 Å². The van der Waals surface area contributed by atoms with E-state index in [1.807, 2.05) is 27.7 Å². The van der Waals surface area contributed by atoms with Gasteiger partial charge < -0.3 is 15.0 Å². The van der Waals surface area contributed by atoms with Gasteiger partial charge in [0.1, 0.15) is 6.10 Å². The molecule has 0 bridgehead atoms. The van der Waals surface area contributed by atoms with Crippen molar-refractivity contribution in [2.45, 2.75) is 39.8 Å². The topological polar surface area (TPSA) is 74.2 Å². The molecule has 0 saturated heterocycles. The van der Waals surface area contributed by atoms with E-state index in [4.69, 9.17) is 15.0 Å². The summed E-state index contributed by atoms with van der Waals surface area (Å²) < 4.78 is 10.1. The van der Waals surface area contributed by atoms with Crippen LogP contribution in [-0.4, -0.2) is 17.3 Å². The molecule has 0 aliphatic rings. The fraction of sp³-hybridized carbons (Fsp3) is 0.800. The van der Waals surface area contributed by atoms with Crippen LogP contribution in [0.3, 0.4) is 0 Å². The summed E-state index contributed by atoms with van der Waals surface area (Å²) in [7, 11) is 1.60. The summed E-state index contributed by atoms with van der Waals surface area (Å²) in [5.74, 6) is 0.994. The van der Waals surface area contributed by atoms with Gasteiger partial charge in [-0.1, -0.05) is 25.9 Å². The predicted molar refractivity (Wildman–Crippen MR) is 56.1 cm³/mol. The van der Waals surface area contributed by atoms with E-state index < -0.39 is 0 Å². The second-order valence-electron chi connectivity index (χ2n) is 4.71. The number of nitrogens with zero attached hydrogens (tertiary/aromatic N) is 2. The smallest absolute Gasteiger partial charge is 0.255 e. The Labute approximate surface area is 90.0 Å². The molecule has 0 fully saturated rings. The van der Waals surface area contributed by atoms with Crippen molar-refractivity contribution in [1.29, 1.82) is 0 Å². The first-order valence-corrected chi connectivity index (χ1v) is 4.98. The van der Waals surface area contributed by atoms with E-state index in [0.717, 1.165) is 0 Å². The maximum Gasteiger partial charge on any atom is 0.255 e. The Morgan fingerprint density at radius 1 is 1.40 bits per heavy atom. The minimum Gasteiger partial charge on any atom is -0.372 e. The van der Waals surface area contributed by atoms with Crippen molar-refractivity contribution in [3.8, 4) is 0 Å². The SMILES string of the molecule is COC(C)c1nc(C(N)C(C)(C)C)no1. The number of ether oxygens (including phenoxy) is 1. The summed E-state index contributed by atoms with van der Waals surface area (Å²) in [5, 5.41) is 3.86. The fourth-order valence-corrected chi connectivity index (χ4v) is 1.03. The molecule has 1 aromatic heterocycles. The van der Waals surface area contributed by atoms with E-state index in [-0.39, 0.29) is 17.6 Å². The molecule has 0 saturated carbocycles. The van der Waals surface area contributed by atoms with Crippen molar-refractivity contribution < 1.29 is 9.26 Å². The first kappa shape index (κ1) is 12.1.